The minimum atomic E-state index is -3.21. The van der Waals surface area contributed by atoms with Crippen LogP contribution in [0.25, 0.3) is 10.8 Å². The van der Waals surface area contributed by atoms with Gasteiger partial charge in [0.15, 0.2) is 0 Å². The van der Waals surface area contributed by atoms with Gasteiger partial charge in [0.1, 0.15) is 0 Å². The summed E-state index contributed by atoms with van der Waals surface area (Å²) in [6.45, 7) is 4.41. The lowest BCUT2D eigenvalue weighted by Gasteiger charge is -2.20. The Labute approximate surface area is 127 Å². The van der Waals surface area contributed by atoms with Crippen LogP contribution in [0.4, 0.5) is 0 Å². The van der Waals surface area contributed by atoms with Gasteiger partial charge in [-0.3, -0.25) is 0 Å². The average molecular weight is 305 g/mol. The van der Waals surface area contributed by atoms with E-state index in [1.165, 1.54) is 4.31 Å². The third-order valence-corrected chi connectivity index (χ3v) is 6.01. The van der Waals surface area contributed by atoms with E-state index in [0.717, 1.165) is 22.8 Å². The minimum Gasteiger partial charge on any atom is -0.212 e. The van der Waals surface area contributed by atoms with Gasteiger partial charge in [-0.05, 0) is 22.3 Å². The third kappa shape index (κ3) is 3.83. The molecule has 0 saturated heterocycles. The summed E-state index contributed by atoms with van der Waals surface area (Å²) in [5.74, 6) is 0.398. The highest BCUT2D eigenvalue weighted by Crippen LogP contribution is 2.21. The van der Waals surface area contributed by atoms with Crippen molar-refractivity contribution in [3.8, 4) is 0 Å². The molecule has 0 spiro atoms. The Hall–Kier alpha value is -1.39. The average Bonchev–Trinajstić information content (AvgIpc) is 2.47. The summed E-state index contributed by atoms with van der Waals surface area (Å²) in [4.78, 5) is 0. The van der Waals surface area contributed by atoms with Crippen LogP contribution in [0.2, 0.25) is 0 Å². The van der Waals surface area contributed by atoms with Crippen molar-refractivity contribution < 1.29 is 8.42 Å². The zero-order chi connectivity index (χ0) is 15.5. The molecule has 1 atom stereocenters. The van der Waals surface area contributed by atoms with Crippen LogP contribution in [0.15, 0.2) is 42.5 Å². The van der Waals surface area contributed by atoms with Gasteiger partial charge in [0, 0.05) is 13.6 Å². The van der Waals surface area contributed by atoms with E-state index < -0.39 is 10.0 Å². The van der Waals surface area contributed by atoms with Gasteiger partial charge in [-0.1, -0.05) is 62.7 Å². The number of hydrogen-bond acceptors (Lipinski definition) is 2. The van der Waals surface area contributed by atoms with Crippen molar-refractivity contribution in [2.24, 2.45) is 5.92 Å². The lowest BCUT2D eigenvalue weighted by atomic mass is 10.0. The Morgan fingerprint density at radius 3 is 2.48 bits per heavy atom. The van der Waals surface area contributed by atoms with Gasteiger partial charge in [-0.25, -0.2) is 12.7 Å². The van der Waals surface area contributed by atoms with Gasteiger partial charge in [0.2, 0.25) is 10.0 Å². The monoisotopic (exact) mass is 305 g/mol. The summed E-state index contributed by atoms with van der Waals surface area (Å²) < 4.78 is 26.2. The smallest absolute Gasteiger partial charge is 0.212 e. The highest BCUT2D eigenvalue weighted by atomic mass is 32.2. The zero-order valence-electron chi connectivity index (χ0n) is 12.9. The molecule has 114 valence electrons. The van der Waals surface area contributed by atoms with Crippen LogP contribution in [-0.4, -0.2) is 25.5 Å². The van der Waals surface area contributed by atoms with Crippen molar-refractivity contribution in [1.82, 2.24) is 4.31 Å². The van der Waals surface area contributed by atoms with Crippen molar-refractivity contribution in [1.29, 1.82) is 0 Å². The number of rotatable bonds is 6. The van der Waals surface area contributed by atoms with E-state index in [4.69, 9.17) is 0 Å². The Morgan fingerprint density at radius 1 is 1.10 bits per heavy atom. The fourth-order valence-corrected chi connectivity index (χ4v) is 3.92. The molecule has 0 aliphatic heterocycles. The molecule has 0 saturated carbocycles. The summed E-state index contributed by atoms with van der Waals surface area (Å²) >= 11 is 0. The van der Waals surface area contributed by atoms with Crippen LogP contribution in [0.1, 0.15) is 25.8 Å². The predicted octanol–water partition coefficient (Wildman–Crippen LogP) is 3.65. The fraction of sp³-hybridized carbons (Fsp3) is 0.412. The van der Waals surface area contributed by atoms with Crippen molar-refractivity contribution in [3.63, 3.8) is 0 Å². The van der Waals surface area contributed by atoms with Gasteiger partial charge in [0.25, 0.3) is 0 Å². The van der Waals surface area contributed by atoms with E-state index in [2.05, 4.69) is 0 Å². The van der Waals surface area contributed by atoms with E-state index in [0.29, 0.717) is 6.54 Å². The Morgan fingerprint density at radius 2 is 1.76 bits per heavy atom. The summed E-state index contributed by atoms with van der Waals surface area (Å²) in [6, 6.07) is 14.1. The third-order valence-electron chi connectivity index (χ3n) is 3.94. The summed E-state index contributed by atoms with van der Waals surface area (Å²) in [6.07, 6.45) is 0.876. The maximum Gasteiger partial charge on any atom is 0.214 e. The maximum absolute atomic E-state index is 12.4. The lowest BCUT2D eigenvalue weighted by Crippen LogP contribution is -2.31. The number of nitrogens with zero attached hydrogens (tertiary/aromatic N) is 1. The van der Waals surface area contributed by atoms with Gasteiger partial charge >= 0.3 is 0 Å². The topological polar surface area (TPSA) is 37.4 Å². The summed E-state index contributed by atoms with van der Waals surface area (Å²) in [5.41, 5.74) is 1.04. The fourth-order valence-electron chi connectivity index (χ4n) is 2.37. The molecule has 0 bridgehead atoms. The molecule has 0 amide bonds. The second-order valence-corrected chi connectivity index (χ2v) is 7.81. The van der Waals surface area contributed by atoms with E-state index in [9.17, 15) is 8.42 Å². The number of sulfonamides is 1. The number of benzene rings is 2. The normalized spacial score (nSPS) is 13.7. The molecule has 2 aromatic rings. The molecule has 0 aliphatic rings. The van der Waals surface area contributed by atoms with Crippen LogP contribution in [0, 0.1) is 5.92 Å². The van der Waals surface area contributed by atoms with Crippen LogP contribution < -0.4 is 0 Å². The van der Waals surface area contributed by atoms with Gasteiger partial charge in [-0.2, -0.15) is 0 Å². The van der Waals surface area contributed by atoms with Gasteiger partial charge in [0.05, 0.1) is 5.75 Å². The molecule has 0 fully saturated rings. The van der Waals surface area contributed by atoms with Crippen LogP contribution >= 0.6 is 0 Å². The largest absolute Gasteiger partial charge is 0.214 e. The molecule has 0 N–H and O–H groups in total. The van der Waals surface area contributed by atoms with Crippen LogP contribution in [-0.2, 0) is 16.6 Å². The van der Waals surface area contributed by atoms with E-state index in [1.54, 1.807) is 7.05 Å². The Bertz CT molecular complexity index is 704. The second kappa shape index (κ2) is 6.58. The summed E-state index contributed by atoms with van der Waals surface area (Å²) in [5, 5.41) is 2.26. The molecule has 2 aromatic carbocycles. The molecule has 0 aromatic heterocycles. The van der Waals surface area contributed by atoms with Crippen LogP contribution in [0.3, 0.4) is 0 Å². The van der Waals surface area contributed by atoms with Crippen molar-refractivity contribution in [2.45, 2.75) is 26.8 Å². The van der Waals surface area contributed by atoms with Crippen molar-refractivity contribution in [2.75, 3.05) is 12.8 Å². The lowest BCUT2D eigenvalue weighted by molar-refractivity contribution is 0.456. The second-order valence-electron chi connectivity index (χ2n) is 5.69. The first-order chi connectivity index (χ1) is 9.94. The van der Waals surface area contributed by atoms with Crippen LogP contribution in [0.5, 0.6) is 0 Å². The van der Waals surface area contributed by atoms with E-state index in [-0.39, 0.29) is 11.7 Å². The standard InChI is InChI=1S/C17H23NO2S/c1-4-14(2)13-21(19,20)18(3)12-16-10-7-9-15-8-5-6-11-17(15)16/h5-11,14H,4,12-13H2,1-3H3. The zero-order valence-corrected chi connectivity index (χ0v) is 13.7. The van der Waals surface area contributed by atoms with E-state index >= 15 is 0 Å². The minimum absolute atomic E-state index is 0.185. The van der Waals surface area contributed by atoms with Crippen molar-refractivity contribution in [3.05, 3.63) is 48.0 Å². The first-order valence-corrected chi connectivity index (χ1v) is 8.95. The summed E-state index contributed by atoms with van der Waals surface area (Å²) in [7, 11) is -1.54. The molecule has 21 heavy (non-hydrogen) atoms. The van der Waals surface area contributed by atoms with E-state index in [1.807, 2.05) is 56.3 Å². The molecule has 4 heteroatoms. The Balaban J connectivity index is 2.24. The maximum atomic E-state index is 12.4. The number of hydrogen-bond donors (Lipinski definition) is 0. The highest BCUT2D eigenvalue weighted by Gasteiger charge is 2.21. The molecule has 2 rings (SSSR count). The molecule has 1 unspecified atom stereocenters. The molecular formula is C17H23NO2S. The van der Waals surface area contributed by atoms with Crippen molar-refractivity contribution >= 4 is 20.8 Å². The number of fused-ring (bicyclic) bond motifs is 1. The SMILES string of the molecule is CCC(C)CS(=O)(=O)N(C)Cc1cccc2ccccc12. The molecule has 0 heterocycles. The first kappa shape index (κ1) is 16.0. The highest BCUT2D eigenvalue weighted by molar-refractivity contribution is 7.89. The molecule has 0 aliphatic carbocycles. The Kier molecular flexibility index (Phi) is 5.01. The molecule has 0 radical (unpaired) electrons. The predicted molar refractivity (Wildman–Crippen MR) is 88.7 cm³/mol. The first-order valence-electron chi connectivity index (χ1n) is 7.34. The molecular weight excluding hydrogens is 282 g/mol. The van der Waals surface area contributed by atoms with Gasteiger partial charge < -0.3 is 0 Å². The molecule has 3 nitrogen and oxygen atoms in total. The quantitative estimate of drug-likeness (QED) is 0.817. The van der Waals surface area contributed by atoms with Gasteiger partial charge in [-0.15, -0.1) is 0 Å².